The smallest absolute Gasteiger partial charge is 0.0997 e. The summed E-state index contributed by atoms with van der Waals surface area (Å²) in [5.41, 5.74) is 0. The Morgan fingerprint density at radius 2 is 2.27 bits per heavy atom. The molecule has 0 fully saturated rings. The minimum atomic E-state index is 0.430. The van der Waals surface area contributed by atoms with Crippen LogP contribution in [0.3, 0.4) is 0 Å². The Balaban J connectivity index is 2.68. The summed E-state index contributed by atoms with van der Waals surface area (Å²) in [6, 6.07) is 0.430. The second-order valence-electron chi connectivity index (χ2n) is 2.78. The number of hydrazone groups is 1. The first-order valence-electron chi connectivity index (χ1n) is 3.88. The minimum Gasteiger partial charge on any atom is -0.256 e. The molecule has 0 aliphatic carbocycles. The summed E-state index contributed by atoms with van der Waals surface area (Å²) in [5, 5.41) is 8.60. The van der Waals surface area contributed by atoms with Crippen molar-refractivity contribution in [3.63, 3.8) is 0 Å². The van der Waals surface area contributed by atoms with Gasteiger partial charge < -0.3 is 0 Å². The van der Waals surface area contributed by atoms with E-state index in [0.717, 1.165) is 11.4 Å². The topological polar surface area (TPSA) is 15.6 Å². The van der Waals surface area contributed by atoms with E-state index < -0.39 is 0 Å². The standard InChI is InChI=1S/C8H14N2S/c1-5-8-9-10(6(2)3)7(4)11-8/h6H,4-5H2,1-3H3. The molecule has 0 aromatic rings. The SMILES string of the molecule is C=C1SC(CC)=NN1C(C)C. The van der Waals surface area contributed by atoms with Crippen molar-refractivity contribution in [2.75, 3.05) is 0 Å². The first-order valence-corrected chi connectivity index (χ1v) is 4.70. The lowest BCUT2D eigenvalue weighted by atomic mass is 10.4. The second-order valence-corrected chi connectivity index (χ2v) is 3.93. The molecular formula is C8H14N2S. The van der Waals surface area contributed by atoms with Crippen LogP contribution in [0.2, 0.25) is 0 Å². The van der Waals surface area contributed by atoms with Gasteiger partial charge in [0.15, 0.2) is 0 Å². The molecule has 3 heteroatoms. The lowest BCUT2D eigenvalue weighted by molar-refractivity contribution is 0.325. The van der Waals surface area contributed by atoms with Crippen LogP contribution in [-0.4, -0.2) is 16.1 Å². The van der Waals surface area contributed by atoms with Crippen molar-refractivity contribution >= 4 is 16.8 Å². The molecule has 0 bridgehead atoms. The molecular weight excluding hydrogens is 156 g/mol. The monoisotopic (exact) mass is 170 g/mol. The molecule has 0 saturated heterocycles. The minimum absolute atomic E-state index is 0.430. The fourth-order valence-electron chi connectivity index (χ4n) is 0.925. The van der Waals surface area contributed by atoms with Gasteiger partial charge in [-0.3, -0.25) is 5.01 Å². The summed E-state index contributed by atoms with van der Waals surface area (Å²) in [5.74, 6) is 0. The van der Waals surface area contributed by atoms with E-state index in [1.807, 2.05) is 5.01 Å². The highest BCUT2D eigenvalue weighted by atomic mass is 32.2. The molecule has 62 valence electrons. The van der Waals surface area contributed by atoms with Crippen molar-refractivity contribution in [1.82, 2.24) is 5.01 Å². The van der Waals surface area contributed by atoms with Crippen molar-refractivity contribution in [1.29, 1.82) is 0 Å². The lowest BCUT2D eigenvalue weighted by Gasteiger charge is -2.17. The molecule has 0 amide bonds. The Labute approximate surface area is 72.3 Å². The number of nitrogens with zero attached hydrogens (tertiary/aromatic N) is 2. The van der Waals surface area contributed by atoms with Gasteiger partial charge in [0.25, 0.3) is 0 Å². The van der Waals surface area contributed by atoms with Crippen molar-refractivity contribution < 1.29 is 0 Å². The first kappa shape index (κ1) is 8.65. The maximum absolute atomic E-state index is 4.40. The largest absolute Gasteiger partial charge is 0.256 e. The normalized spacial score (nSPS) is 18.0. The Hall–Kier alpha value is -0.440. The highest BCUT2D eigenvalue weighted by Gasteiger charge is 2.20. The third-order valence-corrected chi connectivity index (χ3v) is 2.53. The van der Waals surface area contributed by atoms with Crippen molar-refractivity contribution in [3.05, 3.63) is 11.6 Å². The van der Waals surface area contributed by atoms with Crippen LogP contribution in [0.15, 0.2) is 16.7 Å². The Morgan fingerprint density at radius 3 is 2.55 bits per heavy atom. The number of hydrogen-bond donors (Lipinski definition) is 0. The van der Waals surface area contributed by atoms with E-state index in [1.165, 1.54) is 5.04 Å². The van der Waals surface area contributed by atoms with Crippen LogP contribution in [0.25, 0.3) is 0 Å². The zero-order valence-electron chi connectivity index (χ0n) is 7.29. The predicted octanol–water partition coefficient (Wildman–Crippen LogP) is 2.64. The third-order valence-electron chi connectivity index (χ3n) is 1.50. The summed E-state index contributed by atoms with van der Waals surface area (Å²) >= 11 is 1.68. The summed E-state index contributed by atoms with van der Waals surface area (Å²) in [4.78, 5) is 0. The van der Waals surface area contributed by atoms with Crippen LogP contribution in [-0.2, 0) is 0 Å². The Bertz CT molecular complexity index is 196. The fourth-order valence-corrected chi connectivity index (χ4v) is 1.82. The molecule has 0 saturated carbocycles. The fraction of sp³-hybridized carbons (Fsp3) is 0.625. The molecule has 0 N–H and O–H groups in total. The highest BCUT2D eigenvalue weighted by molar-refractivity contribution is 8.17. The molecule has 1 heterocycles. The van der Waals surface area contributed by atoms with E-state index >= 15 is 0 Å². The van der Waals surface area contributed by atoms with Crippen molar-refractivity contribution in [2.45, 2.75) is 33.2 Å². The van der Waals surface area contributed by atoms with Crippen LogP contribution in [0, 0.1) is 0 Å². The predicted molar refractivity (Wildman–Crippen MR) is 51.4 cm³/mol. The maximum atomic E-state index is 4.40. The van der Waals surface area contributed by atoms with E-state index in [-0.39, 0.29) is 0 Å². The van der Waals surface area contributed by atoms with Crippen LogP contribution in [0.4, 0.5) is 0 Å². The quantitative estimate of drug-likeness (QED) is 0.633. The summed E-state index contributed by atoms with van der Waals surface area (Å²) in [6.07, 6.45) is 1.01. The van der Waals surface area contributed by atoms with Gasteiger partial charge in [0.1, 0.15) is 0 Å². The Morgan fingerprint density at radius 1 is 1.64 bits per heavy atom. The lowest BCUT2D eigenvalue weighted by Crippen LogP contribution is -2.19. The second kappa shape index (κ2) is 3.30. The van der Waals surface area contributed by atoms with Gasteiger partial charge in [0.05, 0.1) is 10.1 Å². The molecule has 0 radical (unpaired) electrons. The average Bonchev–Trinajstić information content (AvgIpc) is 2.30. The van der Waals surface area contributed by atoms with Crippen molar-refractivity contribution in [2.24, 2.45) is 5.10 Å². The summed E-state index contributed by atoms with van der Waals surface area (Å²) in [6.45, 7) is 10.3. The molecule has 1 aliphatic rings. The van der Waals surface area contributed by atoms with Gasteiger partial charge in [-0.15, -0.1) is 0 Å². The van der Waals surface area contributed by atoms with Gasteiger partial charge in [0, 0.05) is 6.04 Å². The third kappa shape index (κ3) is 1.77. The van der Waals surface area contributed by atoms with Crippen LogP contribution in [0.1, 0.15) is 27.2 Å². The molecule has 1 rings (SSSR count). The van der Waals surface area contributed by atoms with E-state index in [2.05, 4.69) is 32.5 Å². The zero-order valence-corrected chi connectivity index (χ0v) is 8.11. The van der Waals surface area contributed by atoms with Crippen molar-refractivity contribution in [3.8, 4) is 0 Å². The summed E-state index contributed by atoms with van der Waals surface area (Å²) < 4.78 is 0. The molecule has 0 atom stereocenters. The molecule has 0 unspecified atom stereocenters. The van der Waals surface area contributed by atoms with Gasteiger partial charge in [0.2, 0.25) is 0 Å². The summed E-state index contributed by atoms with van der Waals surface area (Å²) in [7, 11) is 0. The first-order chi connectivity index (χ1) is 5.15. The molecule has 0 aromatic heterocycles. The number of rotatable bonds is 2. The van der Waals surface area contributed by atoms with Gasteiger partial charge >= 0.3 is 0 Å². The van der Waals surface area contributed by atoms with Gasteiger partial charge in [-0.2, -0.15) is 5.10 Å². The number of hydrogen-bond acceptors (Lipinski definition) is 3. The van der Waals surface area contributed by atoms with Crippen LogP contribution in [0.5, 0.6) is 0 Å². The van der Waals surface area contributed by atoms with E-state index in [9.17, 15) is 0 Å². The van der Waals surface area contributed by atoms with E-state index in [4.69, 9.17) is 0 Å². The molecule has 0 aromatic carbocycles. The molecule has 0 spiro atoms. The maximum Gasteiger partial charge on any atom is 0.0997 e. The number of thioether (sulfide) groups is 1. The zero-order chi connectivity index (χ0) is 8.43. The molecule has 11 heavy (non-hydrogen) atoms. The molecule has 1 aliphatic heterocycles. The molecule has 2 nitrogen and oxygen atoms in total. The van der Waals surface area contributed by atoms with E-state index in [0.29, 0.717) is 6.04 Å². The highest BCUT2D eigenvalue weighted by Crippen LogP contribution is 2.30. The van der Waals surface area contributed by atoms with Gasteiger partial charge in [-0.25, -0.2) is 0 Å². The van der Waals surface area contributed by atoms with Gasteiger partial charge in [-0.1, -0.05) is 25.3 Å². The van der Waals surface area contributed by atoms with Gasteiger partial charge in [-0.05, 0) is 20.3 Å². The average molecular weight is 170 g/mol. The van der Waals surface area contributed by atoms with Crippen LogP contribution < -0.4 is 0 Å². The van der Waals surface area contributed by atoms with Crippen LogP contribution >= 0.6 is 11.8 Å². The van der Waals surface area contributed by atoms with E-state index in [1.54, 1.807) is 11.8 Å². The Kier molecular flexibility index (Phi) is 2.60.